The summed E-state index contributed by atoms with van der Waals surface area (Å²) < 4.78 is 0. The molecule has 19 heavy (non-hydrogen) atoms. The second kappa shape index (κ2) is 5.87. The fraction of sp³-hybridized carbons (Fsp3) is 0.733. The molecule has 4 heteroatoms. The molecule has 1 aromatic heterocycles. The number of nitrogens with two attached hydrogens (primary N) is 1. The summed E-state index contributed by atoms with van der Waals surface area (Å²) in [5.41, 5.74) is 8.44. The van der Waals surface area contributed by atoms with Crippen molar-refractivity contribution in [2.45, 2.75) is 46.5 Å². The number of anilines is 1. The molecule has 1 atom stereocenters. The highest BCUT2D eigenvalue weighted by Crippen LogP contribution is 2.39. The van der Waals surface area contributed by atoms with Crippen molar-refractivity contribution in [3.63, 3.8) is 0 Å². The predicted octanol–water partition coefficient (Wildman–Crippen LogP) is 2.39. The number of nitrogens with zero attached hydrogens (tertiary/aromatic N) is 2. The van der Waals surface area contributed by atoms with E-state index in [1.807, 2.05) is 6.20 Å². The number of nitrogens with one attached hydrogen (secondary N) is 1. The molecular weight excluding hydrogens is 236 g/mol. The molecule has 0 saturated heterocycles. The Morgan fingerprint density at radius 1 is 1.47 bits per heavy atom. The lowest BCUT2D eigenvalue weighted by Gasteiger charge is -2.36. The van der Waals surface area contributed by atoms with Gasteiger partial charge in [0.05, 0.1) is 0 Å². The van der Waals surface area contributed by atoms with E-state index in [2.05, 4.69) is 36.1 Å². The zero-order valence-corrected chi connectivity index (χ0v) is 12.4. The Kier molecular flexibility index (Phi) is 4.40. The Labute approximate surface area is 116 Å². The number of aromatic nitrogens is 2. The molecule has 1 aromatic rings. The first kappa shape index (κ1) is 14.3. The molecule has 0 amide bonds. The molecular formula is C15H26N4. The Morgan fingerprint density at radius 3 is 2.95 bits per heavy atom. The van der Waals surface area contributed by atoms with E-state index in [4.69, 9.17) is 5.73 Å². The van der Waals surface area contributed by atoms with Gasteiger partial charge in [-0.15, -0.1) is 0 Å². The average molecular weight is 262 g/mol. The van der Waals surface area contributed by atoms with Crippen molar-refractivity contribution in [2.75, 3.05) is 18.4 Å². The first-order valence-corrected chi connectivity index (χ1v) is 7.35. The maximum atomic E-state index is 5.48. The van der Waals surface area contributed by atoms with Crippen LogP contribution in [0.25, 0.3) is 0 Å². The molecule has 2 rings (SSSR count). The summed E-state index contributed by atoms with van der Waals surface area (Å²) in [5, 5.41) is 3.15. The van der Waals surface area contributed by atoms with Crippen molar-refractivity contribution in [1.29, 1.82) is 0 Å². The quantitative estimate of drug-likeness (QED) is 0.855. The van der Waals surface area contributed by atoms with Crippen LogP contribution in [-0.4, -0.2) is 23.1 Å². The Hall–Kier alpha value is -1.16. The summed E-state index contributed by atoms with van der Waals surface area (Å²) in [6.45, 7) is 8.37. The molecule has 1 unspecified atom stereocenters. The van der Waals surface area contributed by atoms with Gasteiger partial charge in [-0.2, -0.15) is 0 Å². The van der Waals surface area contributed by atoms with E-state index in [0.717, 1.165) is 31.3 Å². The third-order valence-electron chi connectivity index (χ3n) is 4.59. The van der Waals surface area contributed by atoms with Gasteiger partial charge in [-0.3, -0.25) is 0 Å². The highest BCUT2D eigenvalue weighted by Gasteiger charge is 2.31. The highest BCUT2D eigenvalue weighted by molar-refractivity contribution is 5.31. The molecule has 0 fully saturated rings. The lowest BCUT2D eigenvalue weighted by atomic mass is 9.69. The molecule has 1 aliphatic carbocycles. The summed E-state index contributed by atoms with van der Waals surface area (Å²) in [4.78, 5) is 9.01. The minimum absolute atomic E-state index is 0.411. The number of hydrogen-bond acceptors (Lipinski definition) is 4. The van der Waals surface area contributed by atoms with Gasteiger partial charge in [0, 0.05) is 25.0 Å². The van der Waals surface area contributed by atoms with E-state index in [1.54, 1.807) is 0 Å². The van der Waals surface area contributed by atoms with Crippen molar-refractivity contribution in [3.05, 3.63) is 17.5 Å². The van der Waals surface area contributed by atoms with Crippen LogP contribution in [0, 0.1) is 11.3 Å². The van der Waals surface area contributed by atoms with Gasteiger partial charge in [0.25, 0.3) is 0 Å². The van der Waals surface area contributed by atoms with E-state index < -0.39 is 0 Å². The molecule has 0 aromatic carbocycles. The highest BCUT2D eigenvalue weighted by atomic mass is 15.1. The van der Waals surface area contributed by atoms with Gasteiger partial charge in [-0.05, 0) is 36.2 Å². The first-order valence-electron chi connectivity index (χ1n) is 7.35. The van der Waals surface area contributed by atoms with Crippen LogP contribution < -0.4 is 11.1 Å². The van der Waals surface area contributed by atoms with Gasteiger partial charge in [0.15, 0.2) is 0 Å². The minimum Gasteiger partial charge on any atom is -0.353 e. The smallest absolute Gasteiger partial charge is 0.222 e. The summed E-state index contributed by atoms with van der Waals surface area (Å²) in [5.74, 6) is 1.47. The van der Waals surface area contributed by atoms with Gasteiger partial charge in [-0.25, -0.2) is 9.97 Å². The maximum absolute atomic E-state index is 5.48. The number of aryl methyl sites for hydroxylation is 1. The molecule has 0 spiro atoms. The Balaban J connectivity index is 2.10. The third kappa shape index (κ3) is 3.24. The number of hydrogen-bond donors (Lipinski definition) is 2. The van der Waals surface area contributed by atoms with E-state index in [0.29, 0.717) is 12.0 Å². The topological polar surface area (TPSA) is 63.8 Å². The van der Waals surface area contributed by atoms with Crippen molar-refractivity contribution in [3.8, 4) is 0 Å². The van der Waals surface area contributed by atoms with Crippen LogP contribution >= 0.6 is 0 Å². The van der Waals surface area contributed by atoms with Crippen molar-refractivity contribution in [2.24, 2.45) is 17.1 Å². The van der Waals surface area contributed by atoms with Gasteiger partial charge < -0.3 is 11.1 Å². The molecule has 0 radical (unpaired) electrons. The zero-order chi connectivity index (χ0) is 13.9. The van der Waals surface area contributed by atoms with Crippen LogP contribution in [0.1, 0.15) is 44.9 Å². The van der Waals surface area contributed by atoms with Crippen LogP contribution in [0.15, 0.2) is 6.20 Å². The SMILES string of the molecule is CCC(C)(C)C1CCc2nc(NCCN)ncc2C1. The van der Waals surface area contributed by atoms with E-state index in [1.165, 1.54) is 24.1 Å². The Bertz CT molecular complexity index is 428. The number of fused-ring (bicyclic) bond motifs is 1. The van der Waals surface area contributed by atoms with Crippen molar-refractivity contribution >= 4 is 5.95 Å². The number of rotatable bonds is 5. The predicted molar refractivity (Wildman–Crippen MR) is 79.2 cm³/mol. The lowest BCUT2D eigenvalue weighted by molar-refractivity contribution is 0.182. The molecule has 3 N–H and O–H groups in total. The first-order chi connectivity index (χ1) is 9.06. The van der Waals surface area contributed by atoms with Gasteiger partial charge in [-0.1, -0.05) is 27.2 Å². The fourth-order valence-electron chi connectivity index (χ4n) is 2.73. The molecule has 1 heterocycles. The molecule has 0 aliphatic heterocycles. The standard InChI is InChI=1S/C15H26N4/c1-4-15(2,3)12-5-6-13-11(9-12)10-18-14(19-13)17-8-7-16/h10,12H,4-9,16H2,1-3H3,(H,17,18,19). The van der Waals surface area contributed by atoms with Gasteiger partial charge >= 0.3 is 0 Å². The van der Waals surface area contributed by atoms with Crippen molar-refractivity contribution < 1.29 is 0 Å². The van der Waals surface area contributed by atoms with E-state index >= 15 is 0 Å². The molecule has 4 nitrogen and oxygen atoms in total. The summed E-state index contributed by atoms with van der Waals surface area (Å²) >= 11 is 0. The fourth-order valence-corrected chi connectivity index (χ4v) is 2.73. The van der Waals surface area contributed by atoms with Crippen molar-refractivity contribution in [1.82, 2.24) is 9.97 Å². The second-order valence-electron chi connectivity index (χ2n) is 6.16. The van der Waals surface area contributed by atoms with Crippen LogP contribution in [0.2, 0.25) is 0 Å². The van der Waals surface area contributed by atoms with Crippen LogP contribution in [0.3, 0.4) is 0 Å². The van der Waals surface area contributed by atoms with E-state index in [9.17, 15) is 0 Å². The average Bonchev–Trinajstić information content (AvgIpc) is 2.44. The molecule has 0 bridgehead atoms. The summed E-state index contributed by atoms with van der Waals surface area (Å²) in [6, 6.07) is 0. The largest absolute Gasteiger partial charge is 0.353 e. The molecule has 1 aliphatic rings. The van der Waals surface area contributed by atoms with Crippen LogP contribution in [-0.2, 0) is 12.8 Å². The zero-order valence-electron chi connectivity index (χ0n) is 12.4. The van der Waals surface area contributed by atoms with Gasteiger partial charge in [0.2, 0.25) is 5.95 Å². The van der Waals surface area contributed by atoms with Crippen LogP contribution in [0.4, 0.5) is 5.95 Å². The maximum Gasteiger partial charge on any atom is 0.222 e. The monoisotopic (exact) mass is 262 g/mol. The molecule has 106 valence electrons. The van der Waals surface area contributed by atoms with Crippen LogP contribution in [0.5, 0.6) is 0 Å². The lowest BCUT2D eigenvalue weighted by Crippen LogP contribution is -2.29. The van der Waals surface area contributed by atoms with Gasteiger partial charge in [0.1, 0.15) is 0 Å². The third-order valence-corrected chi connectivity index (χ3v) is 4.59. The Morgan fingerprint density at radius 2 is 2.26 bits per heavy atom. The normalized spacial score (nSPS) is 19.1. The summed E-state index contributed by atoms with van der Waals surface area (Å²) in [7, 11) is 0. The van der Waals surface area contributed by atoms with E-state index in [-0.39, 0.29) is 0 Å². The summed E-state index contributed by atoms with van der Waals surface area (Å²) in [6.07, 6.45) is 6.65. The molecule has 0 saturated carbocycles. The minimum atomic E-state index is 0.411. The second-order valence-corrected chi connectivity index (χ2v) is 6.16.